The molecule has 6 nitrogen and oxygen atoms in total. The van der Waals surface area contributed by atoms with Crippen molar-refractivity contribution in [3.05, 3.63) is 90.6 Å². The Labute approximate surface area is 162 Å². The molecule has 0 aliphatic rings. The van der Waals surface area contributed by atoms with Crippen molar-refractivity contribution in [2.24, 2.45) is 4.99 Å². The van der Waals surface area contributed by atoms with E-state index in [1.807, 2.05) is 48.5 Å². The molecule has 0 unspecified atom stereocenters. The van der Waals surface area contributed by atoms with Crippen molar-refractivity contribution < 1.29 is 8.42 Å². The number of hydrogen-bond acceptors (Lipinski definition) is 5. The lowest BCUT2D eigenvalue weighted by molar-refractivity contribution is 0.601. The second-order valence-electron chi connectivity index (χ2n) is 6.01. The maximum atomic E-state index is 12.6. The van der Waals surface area contributed by atoms with E-state index in [0.717, 1.165) is 5.56 Å². The summed E-state index contributed by atoms with van der Waals surface area (Å²) in [5, 5.41) is 0. The smallest absolute Gasteiger partial charge is 0.262 e. The highest BCUT2D eigenvalue weighted by molar-refractivity contribution is 7.92. The quantitative estimate of drug-likeness (QED) is 0.520. The molecule has 0 saturated heterocycles. The van der Waals surface area contributed by atoms with Gasteiger partial charge in [0, 0.05) is 6.21 Å². The second kappa shape index (κ2) is 7.58. The van der Waals surface area contributed by atoms with Crippen LogP contribution in [0, 0.1) is 0 Å². The number of nitrogens with one attached hydrogen (secondary N) is 1. The maximum Gasteiger partial charge on any atom is 0.263 e. The minimum Gasteiger partial charge on any atom is -0.262 e. The van der Waals surface area contributed by atoms with Crippen molar-refractivity contribution in [2.75, 3.05) is 4.72 Å². The summed E-state index contributed by atoms with van der Waals surface area (Å²) in [5.74, 6) is 0.171. The molecule has 0 saturated carbocycles. The molecule has 0 atom stereocenters. The fraction of sp³-hybridized carbons (Fsp3) is 0. The van der Waals surface area contributed by atoms with Crippen LogP contribution in [-0.2, 0) is 10.0 Å². The number of sulfonamides is 1. The average Bonchev–Trinajstić information content (AvgIpc) is 2.73. The van der Waals surface area contributed by atoms with Crippen molar-refractivity contribution in [3.8, 4) is 0 Å². The first-order valence-electron chi connectivity index (χ1n) is 8.54. The van der Waals surface area contributed by atoms with Crippen LogP contribution in [0.5, 0.6) is 0 Å². The minimum atomic E-state index is -3.77. The van der Waals surface area contributed by atoms with Gasteiger partial charge in [0.05, 0.1) is 27.8 Å². The molecule has 28 heavy (non-hydrogen) atoms. The van der Waals surface area contributed by atoms with Crippen molar-refractivity contribution in [1.29, 1.82) is 0 Å². The van der Waals surface area contributed by atoms with Gasteiger partial charge in [0.1, 0.15) is 0 Å². The highest BCUT2D eigenvalue weighted by atomic mass is 32.2. The van der Waals surface area contributed by atoms with Gasteiger partial charge < -0.3 is 0 Å². The van der Waals surface area contributed by atoms with Crippen LogP contribution >= 0.6 is 0 Å². The number of fused-ring (bicyclic) bond motifs is 1. The van der Waals surface area contributed by atoms with Crippen molar-refractivity contribution in [2.45, 2.75) is 4.90 Å². The fourth-order valence-electron chi connectivity index (χ4n) is 2.60. The van der Waals surface area contributed by atoms with Crippen LogP contribution < -0.4 is 4.72 Å². The van der Waals surface area contributed by atoms with Crippen molar-refractivity contribution in [1.82, 2.24) is 9.97 Å². The Morgan fingerprint density at radius 3 is 2.25 bits per heavy atom. The van der Waals surface area contributed by atoms with E-state index in [2.05, 4.69) is 19.7 Å². The summed E-state index contributed by atoms with van der Waals surface area (Å²) in [5.41, 5.74) is 2.95. The molecule has 0 amide bonds. The molecule has 0 aliphatic carbocycles. The molecule has 1 N–H and O–H groups in total. The molecule has 7 heteroatoms. The number of benzene rings is 3. The first-order chi connectivity index (χ1) is 13.6. The Balaban J connectivity index is 1.53. The van der Waals surface area contributed by atoms with Gasteiger partial charge in [-0.05, 0) is 42.0 Å². The number of para-hydroxylation sites is 2. The molecular formula is C21H16N4O2S. The standard InChI is InChI=1S/C21H16N4O2S/c26-28(27,25-21-15-23-19-8-4-5-9-20(19)24-21)18-12-10-17(11-13-18)22-14-16-6-2-1-3-7-16/h1-15H,(H,24,25). The summed E-state index contributed by atoms with van der Waals surface area (Å²) >= 11 is 0. The lowest BCUT2D eigenvalue weighted by Crippen LogP contribution is -2.14. The molecule has 1 heterocycles. The predicted octanol–water partition coefficient (Wildman–Crippen LogP) is 4.18. The van der Waals surface area contributed by atoms with E-state index < -0.39 is 10.0 Å². The van der Waals surface area contributed by atoms with Gasteiger partial charge in [-0.1, -0.05) is 42.5 Å². The van der Waals surface area contributed by atoms with Gasteiger partial charge in [-0.25, -0.2) is 13.4 Å². The highest BCUT2D eigenvalue weighted by Crippen LogP contribution is 2.20. The monoisotopic (exact) mass is 388 g/mol. The van der Waals surface area contributed by atoms with Crippen molar-refractivity contribution >= 4 is 38.8 Å². The van der Waals surface area contributed by atoms with Crippen LogP contribution in [0.25, 0.3) is 11.0 Å². The van der Waals surface area contributed by atoms with E-state index in [9.17, 15) is 8.42 Å². The maximum absolute atomic E-state index is 12.6. The first-order valence-corrected chi connectivity index (χ1v) is 10.0. The number of aromatic nitrogens is 2. The van der Waals surface area contributed by atoms with E-state index in [1.54, 1.807) is 24.4 Å². The highest BCUT2D eigenvalue weighted by Gasteiger charge is 2.15. The van der Waals surface area contributed by atoms with Crippen LogP contribution in [0.3, 0.4) is 0 Å². The van der Waals surface area contributed by atoms with E-state index in [4.69, 9.17) is 0 Å². The number of nitrogens with zero attached hydrogens (tertiary/aromatic N) is 3. The topological polar surface area (TPSA) is 84.3 Å². The average molecular weight is 388 g/mol. The van der Waals surface area contributed by atoms with Crippen LogP contribution in [0.15, 0.2) is 94.9 Å². The third-order valence-corrected chi connectivity index (χ3v) is 5.37. The molecule has 138 valence electrons. The fourth-order valence-corrected chi connectivity index (χ4v) is 3.59. The lowest BCUT2D eigenvalue weighted by Gasteiger charge is -2.08. The summed E-state index contributed by atoms with van der Waals surface area (Å²) in [4.78, 5) is 13.0. The Bertz CT molecular complexity index is 1240. The third kappa shape index (κ3) is 4.05. The summed E-state index contributed by atoms with van der Waals surface area (Å²) in [6, 6.07) is 23.3. The summed E-state index contributed by atoms with van der Waals surface area (Å²) < 4.78 is 27.7. The zero-order chi connectivity index (χ0) is 19.4. The largest absolute Gasteiger partial charge is 0.263 e. The second-order valence-corrected chi connectivity index (χ2v) is 7.69. The van der Waals surface area contributed by atoms with Crippen LogP contribution in [0.1, 0.15) is 5.56 Å². The summed E-state index contributed by atoms with van der Waals surface area (Å²) in [7, 11) is -3.77. The van der Waals surface area contributed by atoms with Crippen LogP contribution in [0.4, 0.5) is 11.5 Å². The van der Waals surface area contributed by atoms with E-state index in [-0.39, 0.29) is 10.7 Å². The number of rotatable bonds is 5. The zero-order valence-electron chi connectivity index (χ0n) is 14.7. The third-order valence-electron chi connectivity index (χ3n) is 4.00. The molecule has 0 fully saturated rings. The Hall–Kier alpha value is -3.58. The van der Waals surface area contributed by atoms with E-state index >= 15 is 0 Å². The van der Waals surface area contributed by atoms with Crippen LogP contribution in [0.2, 0.25) is 0 Å². The molecule has 0 bridgehead atoms. The molecule has 3 aromatic carbocycles. The molecule has 4 aromatic rings. The SMILES string of the molecule is O=S(=O)(Nc1cnc2ccccc2n1)c1ccc(N=Cc2ccccc2)cc1. The Morgan fingerprint density at radius 1 is 0.821 bits per heavy atom. The molecule has 0 aliphatic heterocycles. The van der Waals surface area contributed by atoms with Gasteiger partial charge in [0.2, 0.25) is 0 Å². The van der Waals surface area contributed by atoms with Gasteiger partial charge in [0.15, 0.2) is 5.82 Å². The Morgan fingerprint density at radius 2 is 1.50 bits per heavy atom. The molecule has 1 aromatic heterocycles. The lowest BCUT2D eigenvalue weighted by atomic mass is 10.2. The van der Waals surface area contributed by atoms with E-state index in [0.29, 0.717) is 16.7 Å². The van der Waals surface area contributed by atoms with Crippen LogP contribution in [-0.4, -0.2) is 24.6 Å². The zero-order valence-corrected chi connectivity index (χ0v) is 15.5. The normalized spacial score (nSPS) is 11.7. The molecule has 0 spiro atoms. The first kappa shape index (κ1) is 17.8. The number of aliphatic imine (C=N–C) groups is 1. The van der Waals surface area contributed by atoms with E-state index in [1.165, 1.54) is 18.3 Å². The van der Waals surface area contributed by atoms with Gasteiger partial charge >= 0.3 is 0 Å². The van der Waals surface area contributed by atoms with Crippen molar-refractivity contribution in [3.63, 3.8) is 0 Å². The Kier molecular flexibility index (Phi) is 4.82. The number of hydrogen-bond donors (Lipinski definition) is 1. The minimum absolute atomic E-state index is 0.126. The van der Waals surface area contributed by atoms with Gasteiger partial charge in [-0.2, -0.15) is 0 Å². The summed E-state index contributed by atoms with van der Waals surface area (Å²) in [6.45, 7) is 0. The molecular weight excluding hydrogens is 372 g/mol. The van der Waals surface area contributed by atoms with Gasteiger partial charge in [0.25, 0.3) is 10.0 Å². The molecule has 4 rings (SSSR count). The van der Waals surface area contributed by atoms with Gasteiger partial charge in [-0.3, -0.25) is 14.7 Å². The summed E-state index contributed by atoms with van der Waals surface area (Å²) in [6.07, 6.45) is 3.13. The predicted molar refractivity (Wildman–Crippen MR) is 110 cm³/mol. The molecule has 0 radical (unpaired) electrons. The van der Waals surface area contributed by atoms with Gasteiger partial charge in [-0.15, -0.1) is 0 Å². The number of anilines is 1.